The van der Waals surface area contributed by atoms with Gasteiger partial charge in [-0.15, -0.1) is 0 Å². The predicted octanol–water partition coefficient (Wildman–Crippen LogP) is 1.29. The van der Waals surface area contributed by atoms with Crippen molar-refractivity contribution < 1.29 is 9.72 Å². The average Bonchev–Trinajstić information content (AvgIpc) is 2.27. The Hall–Kier alpha value is -2.20. The van der Waals surface area contributed by atoms with Crippen molar-refractivity contribution in [2.24, 2.45) is 0 Å². The Morgan fingerprint density at radius 1 is 1.76 bits per heavy atom. The van der Waals surface area contributed by atoms with Gasteiger partial charge in [0, 0.05) is 6.20 Å². The predicted molar refractivity (Wildman–Crippen MR) is 58.4 cm³/mol. The molecule has 17 heavy (non-hydrogen) atoms. The maximum absolute atomic E-state index is 11.6. The Morgan fingerprint density at radius 3 is 2.94 bits per heavy atom. The summed E-state index contributed by atoms with van der Waals surface area (Å²) in [6.07, 6.45) is 1.18. The summed E-state index contributed by atoms with van der Waals surface area (Å²) in [6.45, 7) is 1.45. The van der Waals surface area contributed by atoms with Crippen molar-refractivity contribution in [3.63, 3.8) is 0 Å². The second kappa shape index (κ2) is 5.23. The molecule has 1 N–H and O–H groups in total. The van der Waals surface area contributed by atoms with Crippen LogP contribution < -0.4 is 5.32 Å². The Kier molecular flexibility index (Phi) is 3.96. The van der Waals surface area contributed by atoms with Gasteiger partial charge in [0.15, 0.2) is 0 Å². The third-order valence-corrected chi connectivity index (χ3v) is 2.12. The number of hydrogen-bond acceptors (Lipinski definition) is 5. The lowest BCUT2D eigenvalue weighted by Crippen LogP contribution is -2.31. The van der Waals surface area contributed by atoms with E-state index in [0.717, 1.165) is 0 Å². The van der Waals surface area contributed by atoms with Gasteiger partial charge < -0.3 is 5.32 Å². The van der Waals surface area contributed by atoms with Gasteiger partial charge in [0.05, 0.1) is 11.0 Å². The number of amides is 1. The molecule has 1 heterocycles. The normalized spacial score (nSPS) is 11.4. The summed E-state index contributed by atoms with van der Waals surface area (Å²) in [5.74, 6) is -0.741. The largest absolute Gasteiger partial charge is 0.336 e. The Morgan fingerprint density at radius 2 is 2.41 bits per heavy atom. The van der Waals surface area contributed by atoms with Crippen LogP contribution in [-0.2, 0) is 0 Å². The highest BCUT2D eigenvalue weighted by Crippen LogP contribution is 2.25. The van der Waals surface area contributed by atoms with Crippen LogP contribution in [0.1, 0.15) is 17.3 Å². The van der Waals surface area contributed by atoms with Crippen molar-refractivity contribution in [3.8, 4) is 6.07 Å². The molecule has 88 valence electrons. The lowest BCUT2D eigenvalue weighted by Gasteiger charge is -2.06. The van der Waals surface area contributed by atoms with Crippen molar-refractivity contribution in [1.29, 1.82) is 5.26 Å². The van der Waals surface area contributed by atoms with Gasteiger partial charge in [0.2, 0.25) is 5.15 Å². The molecule has 1 rings (SSSR count). The highest BCUT2D eigenvalue weighted by atomic mass is 35.5. The van der Waals surface area contributed by atoms with Gasteiger partial charge >= 0.3 is 5.69 Å². The number of aromatic nitrogens is 1. The molecule has 0 saturated heterocycles. The number of rotatable bonds is 3. The minimum absolute atomic E-state index is 0.225. The van der Waals surface area contributed by atoms with Crippen molar-refractivity contribution in [3.05, 3.63) is 33.1 Å². The molecule has 0 saturated carbocycles. The fourth-order valence-corrected chi connectivity index (χ4v) is 1.32. The number of nitrogens with one attached hydrogen (secondary N) is 1. The van der Waals surface area contributed by atoms with Crippen LogP contribution in [0, 0.1) is 21.4 Å². The van der Waals surface area contributed by atoms with Crippen molar-refractivity contribution in [2.75, 3.05) is 0 Å². The zero-order valence-electron chi connectivity index (χ0n) is 8.68. The first-order valence-corrected chi connectivity index (χ1v) is 4.84. The van der Waals surface area contributed by atoms with Gasteiger partial charge in [-0.3, -0.25) is 14.9 Å². The van der Waals surface area contributed by atoms with Crippen molar-refractivity contribution in [1.82, 2.24) is 10.3 Å². The number of halogens is 1. The van der Waals surface area contributed by atoms with Gasteiger partial charge in [-0.25, -0.2) is 4.98 Å². The highest BCUT2D eigenvalue weighted by Gasteiger charge is 2.25. The Labute approximate surface area is 101 Å². The molecule has 0 radical (unpaired) electrons. The number of carbonyl (C=O) groups is 1. The zero-order valence-corrected chi connectivity index (χ0v) is 9.43. The fourth-order valence-electron chi connectivity index (χ4n) is 1.09. The van der Waals surface area contributed by atoms with Crippen LogP contribution in [0.2, 0.25) is 5.15 Å². The summed E-state index contributed by atoms with van der Waals surface area (Å²) < 4.78 is 0. The molecule has 0 spiro atoms. The van der Waals surface area contributed by atoms with E-state index in [9.17, 15) is 14.9 Å². The number of hydrogen-bond donors (Lipinski definition) is 1. The quantitative estimate of drug-likeness (QED) is 0.496. The number of nitrogens with zero attached hydrogens (tertiary/aromatic N) is 3. The Balaban J connectivity index is 3.15. The molecule has 0 bridgehead atoms. The second-order valence-corrected chi connectivity index (χ2v) is 3.44. The number of nitriles is 1. The first-order chi connectivity index (χ1) is 7.97. The van der Waals surface area contributed by atoms with Gasteiger partial charge in [-0.1, -0.05) is 11.6 Å². The summed E-state index contributed by atoms with van der Waals surface area (Å²) >= 11 is 5.54. The molecule has 1 aromatic heterocycles. The molecule has 0 aliphatic heterocycles. The van der Waals surface area contributed by atoms with Crippen LogP contribution in [0.3, 0.4) is 0 Å². The molecule has 1 amide bonds. The topological polar surface area (TPSA) is 109 Å². The van der Waals surface area contributed by atoms with E-state index < -0.39 is 22.6 Å². The average molecular weight is 255 g/mol. The van der Waals surface area contributed by atoms with E-state index in [1.807, 2.05) is 0 Å². The van der Waals surface area contributed by atoms with E-state index in [1.165, 1.54) is 19.2 Å². The van der Waals surface area contributed by atoms with Gasteiger partial charge in [0.25, 0.3) is 5.91 Å². The number of pyridine rings is 1. The first-order valence-electron chi connectivity index (χ1n) is 4.46. The second-order valence-electron chi connectivity index (χ2n) is 3.08. The molecule has 0 fully saturated rings. The first kappa shape index (κ1) is 12.9. The van der Waals surface area contributed by atoms with E-state index in [1.54, 1.807) is 6.07 Å². The molecule has 7 nitrogen and oxygen atoms in total. The Bertz CT molecular complexity index is 511. The molecule has 1 atom stereocenters. The SMILES string of the molecule is CC(C#N)NC(=O)c1ccnc(Cl)c1[N+](=O)[O-]. The maximum Gasteiger partial charge on any atom is 0.319 e. The fraction of sp³-hybridized carbons (Fsp3) is 0.222. The van der Waals surface area contributed by atoms with Crippen LogP contribution in [0.25, 0.3) is 0 Å². The van der Waals surface area contributed by atoms with Gasteiger partial charge in [-0.2, -0.15) is 5.26 Å². The summed E-state index contributed by atoms with van der Waals surface area (Å²) in [7, 11) is 0. The summed E-state index contributed by atoms with van der Waals surface area (Å²) in [6, 6.07) is 2.19. The maximum atomic E-state index is 11.6. The van der Waals surface area contributed by atoms with Gasteiger partial charge in [-0.05, 0) is 13.0 Å². The zero-order chi connectivity index (χ0) is 13.0. The number of nitro groups is 1. The lowest BCUT2D eigenvalue weighted by molar-refractivity contribution is -0.385. The third-order valence-electron chi connectivity index (χ3n) is 1.85. The van der Waals surface area contributed by atoms with Crippen LogP contribution >= 0.6 is 11.6 Å². The highest BCUT2D eigenvalue weighted by molar-refractivity contribution is 6.32. The molecule has 1 unspecified atom stereocenters. The molecular formula is C9H7ClN4O3. The van der Waals surface area contributed by atoms with Crippen LogP contribution in [-0.4, -0.2) is 21.9 Å². The van der Waals surface area contributed by atoms with Crippen LogP contribution in [0.4, 0.5) is 5.69 Å². The van der Waals surface area contributed by atoms with Crippen LogP contribution in [0.5, 0.6) is 0 Å². The molecule has 1 aromatic rings. The number of carbonyl (C=O) groups excluding carboxylic acids is 1. The smallest absolute Gasteiger partial charge is 0.319 e. The molecule has 0 aliphatic rings. The van der Waals surface area contributed by atoms with Gasteiger partial charge in [0.1, 0.15) is 11.6 Å². The monoisotopic (exact) mass is 254 g/mol. The van der Waals surface area contributed by atoms with E-state index in [2.05, 4.69) is 10.3 Å². The molecule has 8 heteroatoms. The van der Waals surface area contributed by atoms with E-state index in [0.29, 0.717) is 0 Å². The van der Waals surface area contributed by atoms with Crippen molar-refractivity contribution in [2.45, 2.75) is 13.0 Å². The summed E-state index contributed by atoms with van der Waals surface area (Å²) in [5, 5.41) is 21.2. The lowest BCUT2D eigenvalue weighted by atomic mass is 10.2. The minimum Gasteiger partial charge on any atom is -0.336 e. The van der Waals surface area contributed by atoms with Crippen LogP contribution in [0.15, 0.2) is 12.3 Å². The van der Waals surface area contributed by atoms with Crippen molar-refractivity contribution >= 4 is 23.2 Å². The minimum atomic E-state index is -0.790. The van der Waals surface area contributed by atoms with E-state index in [4.69, 9.17) is 16.9 Å². The third kappa shape index (κ3) is 2.89. The standard InChI is InChI=1S/C9H7ClN4O3/c1-5(4-11)13-9(15)6-2-3-12-8(10)7(6)14(16)17/h2-3,5H,1H3,(H,13,15). The molecular weight excluding hydrogens is 248 g/mol. The molecule has 0 aliphatic carbocycles. The summed E-state index contributed by atoms with van der Waals surface area (Å²) in [5.41, 5.74) is -0.797. The summed E-state index contributed by atoms with van der Waals surface area (Å²) in [4.78, 5) is 25.1. The van der Waals surface area contributed by atoms with E-state index >= 15 is 0 Å². The van der Waals surface area contributed by atoms with E-state index in [-0.39, 0.29) is 10.7 Å². The molecule has 0 aromatic carbocycles.